The molecule has 0 aliphatic heterocycles. The monoisotopic (exact) mass is 296 g/mol. The molecule has 1 heterocycles. The molecule has 0 bridgehead atoms. The summed E-state index contributed by atoms with van der Waals surface area (Å²) >= 11 is 5.98. The molecule has 20 heavy (non-hydrogen) atoms. The second-order valence-corrected chi connectivity index (χ2v) is 5.97. The maximum atomic E-state index is 11.6. The number of nitrogens with zero attached hydrogens (tertiary/aromatic N) is 2. The topological polar surface area (TPSA) is 66.9 Å². The number of amides is 1. The molecule has 2 rings (SSSR count). The summed E-state index contributed by atoms with van der Waals surface area (Å²) in [7, 11) is 0. The summed E-state index contributed by atoms with van der Waals surface area (Å²) in [5.41, 5.74) is 0. The van der Waals surface area contributed by atoms with E-state index in [1.165, 1.54) is 0 Å². The highest BCUT2D eigenvalue weighted by molar-refractivity contribution is 6.29. The van der Waals surface area contributed by atoms with Crippen molar-refractivity contribution in [3.05, 3.63) is 17.0 Å². The fraction of sp³-hybridized carbons (Fsp3) is 0.643. The van der Waals surface area contributed by atoms with Crippen molar-refractivity contribution in [1.82, 2.24) is 15.3 Å². The highest BCUT2D eigenvalue weighted by Crippen LogP contribution is 2.38. The van der Waals surface area contributed by atoms with E-state index in [9.17, 15) is 4.79 Å². The molecule has 1 aliphatic carbocycles. The first-order chi connectivity index (χ1) is 9.54. The molecule has 1 amide bonds. The van der Waals surface area contributed by atoms with Gasteiger partial charge in [-0.2, -0.15) is 0 Å². The van der Waals surface area contributed by atoms with Crippen molar-refractivity contribution in [1.29, 1.82) is 0 Å². The van der Waals surface area contributed by atoms with Crippen LogP contribution in [0.5, 0.6) is 0 Å². The maximum Gasteiger partial charge on any atom is 0.221 e. The summed E-state index contributed by atoms with van der Waals surface area (Å²) in [6, 6.07) is 1.69. The Bertz CT molecular complexity index is 474. The molecule has 1 aromatic heterocycles. The quantitative estimate of drug-likeness (QED) is 0.759. The van der Waals surface area contributed by atoms with Crippen molar-refractivity contribution in [2.45, 2.75) is 39.0 Å². The number of hydrogen-bond donors (Lipinski definition) is 2. The van der Waals surface area contributed by atoms with Crippen LogP contribution in [0, 0.1) is 5.92 Å². The lowest BCUT2D eigenvalue weighted by atomic mass is 10.2. The predicted octanol–water partition coefficient (Wildman–Crippen LogP) is 2.58. The molecule has 0 spiro atoms. The van der Waals surface area contributed by atoms with Crippen LogP contribution in [0.25, 0.3) is 0 Å². The average Bonchev–Trinajstić information content (AvgIpc) is 3.20. The Balaban J connectivity index is 1.77. The van der Waals surface area contributed by atoms with Gasteiger partial charge in [-0.25, -0.2) is 9.97 Å². The Morgan fingerprint density at radius 3 is 2.85 bits per heavy atom. The van der Waals surface area contributed by atoms with Gasteiger partial charge in [0.2, 0.25) is 5.91 Å². The van der Waals surface area contributed by atoms with Gasteiger partial charge >= 0.3 is 0 Å². The molecule has 1 aliphatic rings. The summed E-state index contributed by atoms with van der Waals surface area (Å²) in [4.78, 5) is 20.2. The average molecular weight is 297 g/mol. The lowest BCUT2D eigenvalue weighted by Gasteiger charge is -2.09. The number of anilines is 1. The van der Waals surface area contributed by atoms with Gasteiger partial charge in [0.15, 0.2) is 0 Å². The lowest BCUT2D eigenvalue weighted by Crippen LogP contribution is -2.28. The molecule has 6 heteroatoms. The number of carbonyl (C=O) groups excluding carboxylic acids is 1. The van der Waals surface area contributed by atoms with Gasteiger partial charge in [0.25, 0.3) is 0 Å². The van der Waals surface area contributed by atoms with Crippen LogP contribution in [0.15, 0.2) is 6.07 Å². The second-order valence-electron chi connectivity index (χ2n) is 5.58. The van der Waals surface area contributed by atoms with Gasteiger partial charge in [-0.15, -0.1) is 0 Å². The van der Waals surface area contributed by atoms with E-state index in [1.807, 2.05) is 0 Å². The maximum absolute atomic E-state index is 11.6. The number of aromatic nitrogens is 2. The molecule has 0 atom stereocenters. The van der Waals surface area contributed by atoms with Crippen LogP contribution < -0.4 is 10.6 Å². The minimum atomic E-state index is 0.0498. The molecule has 1 fully saturated rings. The Hall–Kier alpha value is -1.36. The van der Waals surface area contributed by atoms with E-state index in [0.29, 0.717) is 42.3 Å². The predicted molar refractivity (Wildman–Crippen MR) is 80.0 cm³/mol. The first-order valence-corrected chi connectivity index (χ1v) is 7.47. The van der Waals surface area contributed by atoms with E-state index < -0.39 is 0 Å². The minimum absolute atomic E-state index is 0.0498. The SMILES string of the molecule is CC(C)CNC(=O)CCNc1cc(Cl)nc(C2CC2)n1. The first kappa shape index (κ1) is 15.0. The number of halogens is 1. The van der Waals surface area contributed by atoms with Gasteiger partial charge in [-0.1, -0.05) is 25.4 Å². The van der Waals surface area contributed by atoms with E-state index in [-0.39, 0.29) is 5.91 Å². The first-order valence-electron chi connectivity index (χ1n) is 7.09. The smallest absolute Gasteiger partial charge is 0.221 e. The summed E-state index contributed by atoms with van der Waals surface area (Å²) in [5, 5.41) is 6.46. The Morgan fingerprint density at radius 2 is 2.20 bits per heavy atom. The Labute approximate surface area is 124 Å². The van der Waals surface area contributed by atoms with Crippen LogP contribution in [-0.4, -0.2) is 29.0 Å². The van der Waals surface area contributed by atoms with Crippen LogP contribution >= 0.6 is 11.6 Å². The zero-order valence-corrected chi connectivity index (χ0v) is 12.7. The van der Waals surface area contributed by atoms with Crippen LogP contribution in [-0.2, 0) is 4.79 Å². The van der Waals surface area contributed by atoms with Gasteiger partial charge in [0, 0.05) is 31.5 Å². The Morgan fingerprint density at radius 1 is 1.45 bits per heavy atom. The van der Waals surface area contributed by atoms with E-state index >= 15 is 0 Å². The molecular weight excluding hydrogens is 276 g/mol. The summed E-state index contributed by atoms with van der Waals surface area (Å²) < 4.78 is 0. The number of carbonyl (C=O) groups is 1. The van der Waals surface area contributed by atoms with Crippen LogP contribution in [0.1, 0.15) is 44.9 Å². The molecule has 2 N–H and O–H groups in total. The van der Waals surface area contributed by atoms with Crippen LogP contribution in [0.4, 0.5) is 5.82 Å². The highest BCUT2D eigenvalue weighted by Gasteiger charge is 2.27. The van der Waals surface area contributed by atoms with Crippen molar-refractivity contribution in [3.63, 3.8) is 0 Å². The molecule has 1 aromatic rings. The standard InChI is InChI=1S/C14H21ClN4O/c1-9(2)8-17-13(20)5-6-16-12-7-11(15)18-14(19-12)10-3-4-10/h7,9-10H,3-6,8H2,1-2H3,(H,17,20)(H,16,18,19). The highest BCUT2D eigenvalue weighted by atomic mass is 35.5. The molecular formula is C14H21ClN4O. The van der Waals surface area contributed by atoms with Gasteiger partial charge in [0.05, 0.1) is 0 Å². The van der Waals surface area contributed by atoms with E-state index in [1.54, 1.807) is 6.07 Å². The molecule has 0 saturated heterocycles. The number of rotatable bonds is 7. The van der Waals surface area contributed by atoms with Gasteiger partial charge in [0.1, 0.15) is 16.8 Å². The Kier molecular flexibility index (Phi) is 5.17. The summed E-state index contributed by atoms with van der Waals surface area (Å²) in [6.07, 6.45) is 2.70. The minimum Gasteiger partial charge on any atom is -0.369 e. The van der Waals surface area contributed by atoms with Crippen molar-refractivity contribution >= 4 is 23.3 Å². The van der Waals surface area contributed by atoms with Gasteiger partial charge < -0.3 is 10.6 Å². The molecule has 1 saturated carbocycles. The van der Waals surface area contributed by atoms with E-state index in [0.717, 1.165) is 18.7 Å². The van der Waals surface area contributed by atoms with Crippen LogP contribution in [0.2, 0.25) is 5.15 Å². The molecule has 0 unspecified atom stereocenters. The zero-order chi connectivity index (χ0) is 14.5. The van der Waals surface area contributed by atoms with E-state index in [4.69, 9.17) is 11.6 Å². The third-order valence-electron chi connectivity index (χ3n) is 3.02. The molecule has 110 valence electrons. The largest absolute Gasteiger partial charge is 0.369 e. The third-order valence-corrected chi connectivity index (χ3v) is 3.21. The molecule has 0 radical (unpaired) electrons. The fourth-order valence-corrected chi connectivity index (χ4v) is 1.95. The van der Waals surface area contributed by atoms with Crippen LogP contribution in [0.3, 0.4) is 0 Å². The third kappa shape index (κ3) is 4.96. The molecule has 5 nitrogen and oxygen atoms in total. The summed E-state index contributed by atoms with van der Waals surface area (Å²) in [6.45, 7) is 5.40. The fourth-order valence-electron chi connectivity index (χ4n) is 1.76. The number of nitrogens with one attached hydrogen (secondary N) is 2. The normalized spacial score (nSPS) is 14.4. The second kappa shape index (κ2) is 6.88. The van der Waals surface area contributed by atoms with Crippen molar-refractivity contribution < 1.29 is 4.79 Å². The summed E-state index contributed by atoms with van der Waals surface area (Å²) in [5.74, 6) is 2.49. The number of hydrogen-bond acceptors (Lipinski definition) is 4. The van der Waals surface area contributed by atoms with Crippen molar-refractivity contribution in [2.75, 3.05) is 18.4 Å². The molecule has 0 aromatic carbocycles. The zero-order valence-electron chi connectivity index (χ0n) is 11.9. The van der Waals surface area contributed by atoms with Crippen molar-refractivity contribution in [2.24, 2.45) is 5.92 Å². The van der Waals surface area contributed by atoms with E-state index in [2.05, 4.69) is 34.4 Å². The van der Waals surface area contributed by atoms with Crippen molar-refractivity contribution in [3.8, 4) is 0 Å². The van der Waals surface area contributed by atoms with Gasteiger partial charge in [-0.3, -0.25) is 4.79 Å². The lowest BCUT2D eigenvalue weighted by molar-refractivity contribution is -0.120. The van der Waals surface area contributed by atoms with Gasteiger partial charge in [-0.05, 0) is 18.8 Å².